The Kier molecular flexibility index (Phi) is 5.77. The van der Waals surface area contributed by atoms with Crippen LogP contribution in [-0.4, -0.2) is 70.1 Å². The van der Waals surface area contributed by atoms with E-state index in [0.717, 1.165) is 26.2 Å². The molecule has 0 aromatic heterocycles. The number of quaternary nitrogens is 1. The molecule has 1 aromatic rings. The number of carbonyl (C=O) groups is 2. The van der Waals surface area contributed by atoms with Gasteiger partial charge in [-0.15, -0.1) is 0 Å². The lowest BCUT2D eigenvalue weighted by Gasteiger charge is -2.33. The number of likely N-dealkylation sites (N-methyl/N-ethyl adjacent to an activating group) is 2. The van der Waals surface area contributed by atoms with E-state index in [0.29, 0.717) is 6.54 Å². The Labute approximate surface area is 131 Å². The summed E-state index contributed by atoms with van der Waals surface area (Å²) in [6, 6.07) is 10.4. The number of anilines is 1. The summed E-state index contributed by atoms with van der Waals surface area (Å²) in [5.41, 5.74) is 1.24. The molecule has 0 bridgehead atoms. The summed E-state index contributed by atoms with van der Waals surface area (Å²) in [6.45, 7) is 4.36. The number of rotatable bonds is 5. The Balaban J connectivity index is 1.77. The highest BCUT2D eigenvalue weighted by Gasteiger charge is 2.24. The molecule has 0 radical (unpaired) electrons. The molecule has 1 aliphatic heterocycles. The Morgan fingerprint density at radius 3 is 2.45 bits per heavy atom. The Bertz CT molecular complexity index is 498. The van der Waals surface area contributed by atoms with Gasteiger partial charge >= 0.3 is 0 Å². The molecule has 1 fully saturated rings. The van der Waals surface area contributed by atoms with Gasteiger partial charge in [-0.3, -0.25) is 9.59 Å². The van der Waals surface area contributed by atoms with Gasteiger partial charge in [0.25, 0.3) is 5.91 Å². The van der Waals surface area contributed by atoms with Crippen LogP contribution in [-0.2, 0) is 9.59 Å². The highest BCUT2D eigenvalue weighted by atomic mass is 16.2. The first kappa shape index (κ1) is 16.3. The average Bonchev–Trinajstić information content (AvgIpc) is 2.56. The van der Waals surface area contributed by atoms with Gasteiger partial charge in [0.15, 0.2) is 6.54 Å². The number of nitrogens with one attached hydrogen (secondary N) is 2. The smallest absolute Gasteiger partial charge is 0.277 e. The molecule has 0 aliphatic carbocycles. The molecular weight excluding hydrogens is 280 g/mol. The molecule has 2 amide bonds. The van der Waals surface area contributed by atoms with Crippen molar-refractivity contribution in [2.24, 2.45) is 0 Å². The minimum atomic E-state index is -0.139. The minimum absolute atomic E-state index is 0.0201. The van der Waals surface area contributed by atoms with Crippen molar-refractivity contribution in [3.8, 4) is 0 Å². The lowest BCUT2D eigenvalue weighted by molar-refractivity contribution is -0.892. The molecule has 22 heavy (non-hydrogen) atoms. The van der Waals surface area contributed by atoms with Gasteiger partial charge in [0.2, 0.25) is 5.91 Å². The van der Waals surface area contributed by atoms with Gasteiger partial charge in [-0.25, -0.2) is 0 Å². The summed E-state index contributed by atoms with van der Waals surface area (Å²) < 4.78 is 0. The van der Waals surface area contributed by atoms with Crippen molar-refractivity contribution in [1.82, 2.24) is 10.2 Å². The van der Waals surface area contributed by atoms with Gasteiger partial charge in [0.1, 0.15) is 0 Å². The standard InChI is InChI=1S/C16H24N4O2/c1-17-15(21)12-18(2)16(22)13-19-8-10-20(11-9-19)14-6-4-3-5-7-14/h3-7H,8-13H2,1-2H3,(H,17,21)/p+1. The molecule has 2 rings (SSSR count). The molecule has 0 atom stereocenters. The normalized spacial score (nSPS) is 15.5. The van der Waals surface area contributed by atoms with Crippen molar-refractivity contribution in [3.63, 3.8) is 0 Å². The highest BCUT2D eigenvalue weighted by molar-refractivity contribution is 5.84. The van der Waals surface area contributed by atoms with Gasteiger partial charge in [-0.05, 0) is 12.1 Å². The number of carbonyl (C=O) groups excluding carboxylic acids is 2. The monoisotopic (exact) mass is 305 g/mol. The minimum Gasteiger partial charge on any atom is -0.360 e. The van der Waals surface area contributed by atoms with Crippen LogP contribution in [0.2, 0.25) is 0 Å². The first-order valence-corrected chi connectivity index (χ1v) is 7.68. The second-order valence-corrected chi connectivity index (χ2v) is 5.67. The van der Waals surface area contributed by atoms with E-state index >= 15 is 0 Å². The lowest BCUT2D eigenvalue weighted by Crippen LogP contribution is -3.15. The van der Waals surface area contributed by atoms with Gasteiger partial charge in [0.05, 0.1) is 32.7 Å². The molecule has 6 nitrogen and oxygen atoms in total. The molecule has 1 aromatic carbocycles. The highest BCUT2D eigenvalue weighted by Crippen LogP contribution is 2.12. The van der Waals surface area contributed by atoms with Crippen LogP contribution in [0.1, 0.15) is 0 Å². The predicted molar refractivity (Wildman–Crippen MR) is 85.9 cm³/mol. The largest absolute Gasteiger partial charge is 0.360 e. The summed E-state index contributed by atoms with van der Waals surface area (Å²) in [6.07, 6.45) is 0. The third kappa shape index (κ3) is 4.46. The quantitative estimate of drug-likeness (QED) is 0.703. The van der Waals surface area contributed by atoms with Crippen LogP contribution in [0, 0.1) is 0 Å². The summed E-state index contributed by atoms with van der Waals surface area (Å²) >= 11 is 0. The molecule has 0 saturated carbocycles. The van der Waals surface area contributed by atoms with E-state index in [9.17, 15) is 9.59 Å². The summed E-state index contributed by atoms with van der Waals surface area (Å²) in [7, 11) is 3.26. The molecule has 0 unspecified atom stereocenters. The van der Waals surface area contributed by atoms with Gasteiger partial charge in [-0.2, -0.15) is 0 Å². The number of amides is 2. The molecule has 2 N–H and O–H groups in total. The van der Waals surface area contributed by atoms with E-state index < -0.39 is 0 Å². The number of benzene rings is 1. The van der Waals surface area contributed by atoms with Crippen LogP contribution >= 0.6 is 0 Å². The van der Waals surface area contributed by atoms with E-state index in [4.69, 9.17) is 0 Å². The fraction of sp³-hybridized carbons (Fsp3) is 0.500. The van der Waals surface area contributed by atoms with Crippen molar-refractivity contribution in [3.05, 3.63) is 30.3 Å². The van der Waals surface area contributed by atoms with Crippen LogP contribution in [0.4, 0.5) is 5.69 Å². The summed E-state index contributed by atoms with van der Waals surface area (Å²) in [5, 5.41) is 2.53. The predicted octanol–water partition coefficient (Wildman–Crippen LogP) is -1.40. The fourth-order valence-electron chi connectivity index (χ4n) is 2.63. The van der Waals surface area contributed by atoms with E-state index in [-0.39, 0.29) is 18.4 Å². The lowest BCUT2D eigenvalue weighted by atomic mass is 10.2. The Morgan fingerprint density at radius 2 is 1.86 bits per heavy atom. The third-order valence-electron chi connectivity index (χ3n) is 4.08. The number of hydrogen-bond acceptors (Lipinski definition) is 3. The maximum atomic E-state index is 12.1. The number of hydrogen-bond donors (Lipinski definition) is 2. The topological polar surface area (TPSA) is 57.1 Å². The van der Waals surface area contributed by atoms with E-state index in [1.54, 1.807) is 14.1 Å². The van der Waals surface area contributed by atoms with E-state index in [1.165, 1.54) is 15.5 Å². The molecular formula is C16H25N4O2+. The van der Waals surface area contributed by atoms with Crippen LogP contribution in [0.25, 0.3) is 0 Å². The number of para-hydroxylation sites is 1. The molecule has 0 spiro atoms. The van der Waals surface area contributed by atoms with Crippen LogP contribution in [0.15, 0.2) is 30.3 Å². The van der Waals surface area contributed by atoms with Crippen LogP contribution < -0.4 is 15.1 Å². The number of piperazine rings is 1. The molecule has 1 aliphatic rings. The average molecular weight is 305 g/mol. The molecule has 6 heteroatoms. The van der Waals surface area contributed by atoms with Gasteiger partial charge in [0, 0.05) is 19.8 Å². The van der Waals surface area contributed by atoms with E-state index in [2.05, 4.69) is 22.3 Å². The summed E-state index contributed by atoms with van der Waals surface area (Å²) in [5.74, 6) is -0.119. The Hall–Kier alpha value is -2.08. The Morgan fingerprint density at radius 1 is 1.23 bits per heavy atom. The van der Waals surface area contributed by atoms with Gasteiger partial charge < -0.3 is 20.0 Å². The zero-order valence-corrected chi connectivity index (χ0v) is 13.3. The first-order chi connectivity index (χ1) is 10.6. The van der Waals surface area contributed by atoms with Crippen molar-refractivity contribution < 1.29 is 14.5 Å². The molecule has 1 saturated heterocycles. The van der Waals surface area contributed by atoms with Crippen molar-refractivity contribution in [2.75, 3.05) is 58.3 Å². The third-order valence-corrected chi connectivity index (χ3v) is 4.08. The first-order valence-electron chi connectivity index (χ1n) is 7.68. The number of nitrogens with zero attached hydrogens (tertiary/aromatic N) is 2. The second kappa shape index (κ2) is 7.79. The second-order valence-electron chi connectivity index (χ2n) is 5.67. The molecule has 1 heterocycles. The fourth-order valence-corrected chi connectivity index (χ4v) is 2.63. The van der Waals surface area contributed by atoms with Crippen molar-refractivity contribution in [2.45, 2.75) is 0 Å². The van der Waals surface area contributed by atoms with Crippen molar-refractivity contribution >= 4 is 17.5 Å². The van der Waals surface area contributed by atoms with Gasteiger partial charge in [-0.1, -0.05) is 18.2 Å². The van der Waals surface area contributed by atoms with Crippen LogP contribution in [0.3, 0.4) is 0 Å². The zero-order chi connectivity index (χ0) is 15.9. The zero-order valence-electron chi connectivity index (χ0n) is 13.3. The van der Waals surface area contributed by atoms with E-state index in [1.807, 2.05) is 18.2 Å². The van der Waals surface area contributed by atoms with Crippen molar-refractivity contribution in [1.29, 1.82) is 0 Å². The SMILES string of the molecule is CNC(=O)CN(C)C(=O)C[NH+]1CCN(c2ccccc2)CC1. The van der Waals surface area contributed by atoms with Crippen LogP contribution in [0.5, 0.6) is 0 Å². The maximum absolute atomic E-state index is 12.1. The maximum Gasteiger partial charge on any atom is 0.277 e. The summed E-state index contributed by atoms with van der Waals surface area (Å²) in [4.78, 5) is 28.5. The molecule has 120 valence electrons.